The zero-order valence-electron chi connectivity index (χ0n) is 14.5. The highest BCUT2D eigenvalue weighted by Crippen LogP contribution is 2.25. The van der Waals surface area contributed by atoms with E-state index in [1.165, 1.54) is 33.4 Å². The van der Waals surface area contributed by atoms with Crippen molar-refractivity contribution >= 4 is 12.2 Å². The van der Waals surface area contributed by atoms with Crippen molar-refractivity contribution < 1.29 is 0 Å². The molecule has 0 aliphatic carbocycles. The molecule has 0 bridgehead atoms. The van der Waals surface area contributed by atoms with Gasteiger partial charge in [-0.25, -0.2) is 0 Å². The molecule has 0 heterocycles. The van der Waals surface area contributed by atoms with Gasteiger partial charge in [-0.2, -0.15) is 0 Å². The minimum atomic E-state index is 1.21. The highest BCUT2D eigenvalue weighted by molar-refractivity contribution is 5.73. The fraction of sp³-hybridized carbons (Fsp3) is 0. The van der Waals surface area contributed by atoms with E-state index >= 15 is 0 Å². The molecular formula is C26H20. The zero-order valence-corrected chi connectivity index (χ0v) is 14.5. The van der Waals surface area contributed by atoms with Crippen LogP contribution in [0, 0.1) is 0 Å². The SMILES string of the molecule is C(=C\c1ccc(-c2ccc(-c3ccccc3)cc2)cc1)/c1ccccc1. The summed E-state index contributed by atoms with van der Waals surface area (Å²) < 4.78 is 0. The van der Waals surface area contributed by atoms with Crippen LogP contribution in [-0.4, -0.2) is 0 Å². The maximum absolute atomic E-state index is 2.19. The number of hydrogen-bond acceptors (Lipinski definition) is 0. The molecular weight excluding hydrogens is 312 g/mol. The van der Waals surface area contributed by atoms with Gasteiger partial charge in [0.1, 0.15) is 0 Å². The van der Waals surface area contributed by atoms with Crippen molar-refractivity contribution in [2.24, 2.45) is 0 Å². The molecule has 0 fully saturated rings. The van der Waals surface area contributed by atoms with Crippen LogP contribution in [0.4, 0.5) is 0 Å². The van der Waals surface area contributed by atoms with E-state index in [-0.39, 0.29) is 0 Å². The minimum absolute atomic E-state index is 1.21. The Morgan fingerprint density at radius 1 is 0.308 bits per heavy atom. The molecule has 26 heavy (non-hydrogen) atoms. The Bertz CT molecular complexity index is 977. The highest BCUT2D eigenvalue weighted by atomic mass is 14.0. The first-order valence-corrected chi connectivity index (χ1v) is 8.87. The van der Waals surface area contributed by atoms with E-state index in [4.69, 9.17) is 0 Å². The van der Waals surface area contributed by atoms with Crippen molar-refractivity contribution in [3.8, 4) is 22.3 Å². The van der Waals surface area contributed by atoms with Gasteiger partial charge in [-0.15, -0.1) is 0 Å². The van der Waals surface area contributed by atoms with E-state index in [0.29, 0.717) is 0 Å². The van der Waals surface area contributed by atoms with E-state index < -0.39 is 0 Å². The molecule has 0 radical (unpaired) electrons. The van der Waals surface area contributed by atoms with Crippen LogP contribution in [0.1, 0.15) is 11.1 Å². The van der Waals surface area contributed by atoms with Gasteiger partial charge in [-0.05, 0) is 33.4 Å². The molecule has 0 atom stereocenters. The maximum atomic E-state index is 2.19. The summed E-state index contributed by atoms with van der Waals surface area (Å²) in [6.45, 7) is 0. The summed E-state index contributed by atoms with van der Waals surface area (Å²) in [6, 6.07) is 38.3. The topological polar surface area (TPSA) is 0 Å². The molecule has 0 spiro atoms. The molecule has 0 saturated carbocycles. The minimum Gasteiger partial charge on any atom is -0.0622 e. The average Bonchev–Trinajstić information content (AvgIpc) is 2.74. The summed E-state index contributed by atoms with van der Waals surface area (Å²) in [5, 5.41) is 0. The second-order valence-corrected chi connectivity index (χ2v) is 6.31. The summed E-state index contributed by atoms with van der Waals surface area (Å²) in [4.78, 5) is 0. The van der Waals surface area contributed by atoms with Crippen molar-refractivity contribution in [1.82, 2.24) is 0 Å². The summed E-state index contributed by atoms with van der Waals surface area (Å²) in [5.74, 6) is 0. The molecule has 0 aliphatic rings. The first-order valence-electron chi connectivity index (χ1n) is 8.87. The van der Waals surface area contributed by atoms with E-state index in [1.54, 1.807) is 0 Å². The van der Waals surface area contributed by atoms with Crippen molar-refractivity contribution in [2.45, 2.75) is 0 Å². The fourth-order valence-corrected chi connectivity index (χ4v) is 3.03. The smallest absolute Gasteiger partial charge is 0.0184 e. The Morgan fingerprint density at radius 3 is 1.15 bits per heavy atom. The van der Waals surface area contributed by atoms with Crippen LogP contribution in [-0.2, 0) is 0 Å². The molecule has 0 aliphatic heterocycles. The lowest BCUT2D eigenvalue weighted by Crippen LogP contribution is -1.81. The lowest BCUT2D eigenvalue weighted by atomic mass is 9.99. The van der Waals surface area contributed by atoms with E-state index in [0.717, 1.165) is 0 Å². The molecule has 4 aromatic rings. The lowest BCUT2D eigenvalue weighted by molar-refractivity contribution is 1.58. The van der Waals surface area contributed by atoms with Gasteiger partial charge in [0.2, 0.25) is 0 Å². The Hall–Kier alpha value is -3.38. The van der Waals surface area contributed by atoms with Crippen LogP contribution in [0.25, 0.3) is 34.4 Å². The maximum Gasteiger partial charge on any atom is -0.0184 e. The first-order chi connectivity index (χ1) is 12.9. The summed E-state index contributed by atoms with van der Waals surface area (Å²) in [7, 11) is 0. The second-order valence-electron chi connectivity index (χ2n) is 6.31. The molecule has 4 aromatic carbocycles. The molecule has 0 unspecified atom stereocenters. The van der Waals surface area contributed by atoms with Crippen LogP contribution in [0.15, 0.2) is 109 Å². The average molecular weight is 332 g/mol. The van der Waals surface area contributed by atoms with E-state index in [1.807, 2.05) is 12.1 Å². The molecule has 0 amide bonds. The van der Waals surface area contributed by atoms with Gasteiger partial charge in [0, 0.05) is 0 Å². The monoisotopic (exact) mass is 332 g/mol. The molecule has 0 N–H and O–H groups in total. The van der Waals surface area contributed by atoms with Crippen molar-refractivity contribution in [3.05, 3.63) is 120 Å². The Morgan fingerprint density at radius 2 is 0.654 bits per heavy atom. The first kappa shape index (κ1) is 16.1. The summed E-state index contributed by atoms with van der Waals surface area (Å²) in [6.07, 6.45) is 4.29. The van der Waals surface area contributed by atoms with Gasteiger partial charge in [0.05, 0.1) is 0 Å². The largest absolute Gasteiger partial charge is 0.0622 e. The van der Waals surface area contributed by atoms with E-state index in [9.17, 15) is 0 Å². The van der Waals surface area contributed by atoms with Crippen LogP contribution >= 0.6 is 0 Å². The van der Waals surface area contributed by atoms with Crippen LogP contribution in [0.2, 0.25) is 0 Å². The van der Waals surface area contributed by atoms with Gasteiger partial charge >= 0.3 is 0 Å². The normalized spacial score (nSPS) is 10.9. The van der Waals surface area contributed by atoms with Gasteiger partial charge in [0.25, 0.3) is 0 Å². The van der Waals surface area contributed by atoms with Gasteiger partial charge in [0.15, 0.2) is 0 Å². The summed E-state index contributed by atoms with van der Waals surface area (Å²) in [5.41, 5.74) is 7.40. The van der Waals surface area contributed by atoms with Crippen molar-refractivity contribution in [3.63, 3.8) is 0 Å². The molecule has 0 aromatic heterocycles. The third-order valence-electron chi connectivity index (χ3n) is 4.50. The van der Waals surface area contributed by atoms with Crippen LogP contribution in [0.3, 0.4) is 0 Å². The highest BCUT2D eigenvalue weighted by Gasteiger charge is 2.00. The van der Waals surface area contributed by atoms with Gasteiger partial charge in [-0.1, -0.05) is 121 Å². The summed E-state index contributed by atoms with van der Waals surface area (Å²) >= 11 is 0. The third kappa shape index (κ3) is 3.81. The third-order valence-corrected chi connectivity index (χ3v) is 4.50. The molecule has 0 saturated heterocycles. The second kappa shape index (κ2) is 7.67. The van der Waals surface area contributed by atoms with Gasteiger partial charge < -0.3 is 0 Å². The number of rotatable bonds is 4. The van der Waals surface area contributed by atoms with Gasteiger partial charge in [-0.3, -0.25) is 0 Å². The fourth-order valence-electron chi connectivity index (χ4n) is 3.03. The van der Waals surface area contributed by atoms with Crippen molar-refractivity contribution in [2.75, 3.05) is 0 Å². The molecule has 124 valence electrons. The van der Waals surface area contributed by atoms with Crippen LogP contribution in [0.5, 0.6) is 0 Å². The predicted octanol–water partition coefficient (Wildman–Crippen LogP) is 7.19. The molecule has 0 nitrogen and oxygen atoms in total. The Kier molecular flexibility index (Phi) is 4.75. The predicted molar refractivity (Wildman–Crippen MR) is 113 cm³/mol. The Balaban J connectivity index is 1.51. The number of benzene rings is 4. The molecule has 4 rings (SSSR count). The van der Waals surface area contributed by atoms with Crippen molar-refractivity contribution in [1.29, 1.82) is 0 Å². The van der Waals surface area contributed by atoms with E-state index in [2.05, 4.69) is 109 Å². The molecule has 0 heteroatoms. The quantitative estimate of drug-likeness (QED) is 0.347. The Labute approximate surface area is 155 Å². The van der Waals surface area contributed by atoms with Crippen LogP contribution < -0.4 is 0 Å². The zero-order chi connectivity index (χ0) is 17.6. The lowest BCUT2D eigenvalue weighted by Gasteiger charge is -2.05. The number of hydrogen-bond donors (Lipinski definition) is 0. The standard InChI is InChI=1S/C26H20/c1-3-7-21(8-4-1)11-12-22-13-15-24(16-14-22)26-19-17-25(18-20-26)23-9-5-2-6-10-23/h1-20H/b12-11+.